The first-order valence-electron chi connectivity index (χ1n) is 6.69. The molecule has 0 aliphatic carbocycles. The minimum atomic E-state index is 0.657. The molecule has 0 unspecified atom stereocenters. The fourth-order valence-electron chi connectivity index (χ4n) is 2.55. The maximum absolute atomic E-state index is 4.76. The lowest BCUT2D eigenvalue weighted by atomic mass is 10.2. The highest BCUT2D eigenvalue weighted by Crippen LogP contribution is 2.17. The Hall–Kier alpha value is -0.770. The van der Waals surface area contributed by atoms with E-state index in [1.807, 2.05) is 0 Å². The van der Waals surface area contributed by atoms with Crippen molar-refractivity contribution in [3.05, 3.63) is 0 Å². The van der Waals surface area contributed by atoms with Gasteiger partial charge in [0.05, 0.1) is 6.54 Å². The van der Waals surface area contributed by atoms with Crippen LogP contribution in [0.3, 0.4) is 0 Å². The van der Waals surface area contributed by atoms with Gasteiger partial charge in [-0.05, 0) is 32.4 Å². The number of hydrogen-bond acceptors (Lipinski definition) is 2. The first-order valence-corrected chi connectivity index (χ1v) is 6.69. The van der Waals surface area contributed by atoms with Gasteiger partial charge in [0.1, 0.15) is 0 Å². The summed E-state index contributed by atoms with van der Waals surface area (Å²) in [4.78, 5) is 11.5. The van der Waals surface area contributed by atoms with E-state index in [0.29, 0.717) is 6.04 Å². The van der Waals surface area contributed by atoms with Gasteiger partial charge in [-0.25, -0.2) is 0 Å². The van der Waals surface area contributed by atoms with Crippen LogP contribution >= 0.6 is 0 Å². The lowest BCUT2D eigenvalue weighted by Crippen LogP contribution is -2.38. The largest absolute Gasteiger partial charge is 0.349 e. The van der Waals surface area contributed by atoms with Crippen LogP contribution in [0.5, 0.6) is 0 Å². The molecule has 0 saturated carbocycles. The van der Waals surface area contributed by atoms with Gasteiger partial charge in [0.2, 0.25) is 0 Å². The zero-order valence-electron chi connectivity index (χ0n) is 12.1. The van der Waals surface area contributed by atoms with Crippen molar-refractivity contribution in [1.29, 1.82) is 0 Å². The number of guanidine groups is 1. The first-order chi connectivity index (χ1) is 8.06. The van der Waals surface area contributed by atoms with Crippen LogP contribution in [0.2, 0.25) is 0 Å². The zero-order chi connectivity index (χ0) is 12.8. The molecule has 4 heteroatoms. The SMILES string of the molecule is CCCN1CCC[C@H]1CN=C(N(C)C)N(C)C. The summed E-state index contributed by atoms with van der Waals surface area (Å²) in [5, 5.41) is 0. The summed E-state index contributed by atoms with van der Waals surface area (Å²) in [6, 6.07) is 0.657. The monoisotopic (exact) mass is 240 g/mol. The van der Waals surface area contributed by atoms with E-state index in [2.05, 4.69) is 49.8 Å². The van der Waals surface area contributed by atoms with Crippen LogP contribution in [-0.4, -0.2) is 74.5 Å². The smallest absolute Gasteiger partial charge is 0.195 e. The van der Waals surface area contributed by atoms with Gasteiger partial charge >= 0.3 is 0 Å². The van der Waals surface area contributed by atoms with Crippen molar-refractivity contribution in [3.8, 4) is 0 Å². The summed E-state index contributed by atoms with van der Waals surface area (Å²) in [6.45, 7) is 5.67. The molecule has 0 aromatic heterocycles. The third-order valence-corrected chi connectivity index (χ3v) is 3.25. The molecule has 17 heavy (non-hydrogen) atoms. The van der Waals surface area contributed by atoms with Crippen LogP contribution in [-0.2, 0) is 0 Å². The van der Waals surface area contributed by atoms with E-state index in [0.717, 1.165) is 12.5 Å². The lowest BCUT2D eigenvalue weighted by molar-refractivity contribution is 0.258. The molecule has 0 amide bonds. The Morgan fingerprint density at radius 3 is 2.41 bits per heavy atom. The third-order valence-electron chi connectivity index (χ3n) is 3.25. The molecule has 1 atom stereocenters. The minimum Gasteiger partial charge on any atom is -0.349 e. The number of hydrogen-bond donors (Lipinski definition) is 0. The molecular formula is C13H28N4. The van der Waals surface area contributed by atoms with Crippen molar-refractivity contribution in [1.82, 2.24) is 14.7 Å². The van der Waals surface area contributed by atoms with Gasteiger partial charge in [-0.2, -0.15) is 0 Å². The molecule has 0 aromatic carbocycles. The molecule has 1 fully saturated rings. The van der Waals surface area contributed by atoms with E-state index in [1.54, 1.807) is 0 Å². The fraction of sp³-hybridized carbons (Fsp3) is 0.923. The molecule has 1 aliphatic heterocycles. The van der Waals surface area contributed by atoms with E-state index in [1.165, 1.54) is 32.4 Å². The highest BCUT2D eigenvalue weighted by Gasteiger charge is 2.23. The standard InChI is InChI=1S/C13H28N4/c1-6-9-17-10-7-8-12(17)11-14-13(15(2)3)16(4)5/h12H,6-11H2,1-5H3/t12-/m0/s1. The topological polar surface area (TPSA) is 22.1 Å². The van der Waals surface area contributed by atoms with Gasteiger partial charge in [-0.3, -0.25) is 9.89 Å². The van der Waals surface area contributed by atoms with Crippen LogP contribution in [0.25, 0.3) is 0 Å². The van der Waals surface area contributed by atoms with Crippen molar-refractivity contribution in [2.24, 2.45) is 4.99 Å². The number of aliphatic imine (C=N–C) groups is 1. The molecule has 1 rings (SSSR count). The summed E-state index contributed by atoms with van der Waals surface area (Å²) in [5.74, 6) is 1.06. The second-order valence-corrected chi connectivity index (χ2v) is 5.26. The third kappa shape index (κ3) is 4.19. The highest BCUT2D eigenvalue weighted by molar-refractivity contribution is 5.79. The zero-order valence-corrected chi connectivity index (χ0v) is 12.1. The molecule has 4 nitrogen and oxygen atoms in total. The van der Waals surface area contributed by atoms with Crippen molar-refractivity contribution in [2.75, 3.05) is 47.8 Å². The predicted octanol–water partition coefficient (Wildman–Crippen LogP) is 1.34. The van der Waals surface area contributed by atoms with Gasteiger partial charge < -0.3 is 9.80 Å². The fourth-order valence-corrected chi connectivity index (χ4v) is 2.55. The van der Waals surface area contributed by atoms with Crippen LogP contribution in [0.1, 0.15) is 26.2 Å². The van der Waals surface area contributed by atoms with E-state index in [9.17, 15) is 0 Å². The second-order valence-electron chi connectivity index (χ2n) is 5.26. The molecule has 1 saturated heterocycles. The van der Waals surface area contributed by atoms with Crippen molar-refractivity contribution >= 4 is 5.96 Å². The summed E-state index contributed by atoms with van der Waals surface area (Å²) >= 11 is 0. The first kappa shape index (κ1) is 14.3. The molecule has 1 heterocycles. The lowest BCUT2D eigenvalue weighted by Gasteiger charge is -2.26. The van der Waals surface area contributed by atoms with Gasteiger partial charge in [-0.1, -0.05) is 6.92 Å². The van der Waals surface area contributed by atoms with Crippen molar-refractivity contribution < 1.29 is 0 Å². The average Bonchev–Trinajstić information content (AvgIpc) is 2.65. The number of rotatable bonds is 4. The van der Waals surface area contributed by atoms with E-state index in [4.69, 9.17) is 4.99 Å². The van der Waals surface area contributed by atoms with E-state index >= 15 is 0 Å². The Bertz CT molecular complexity index is 238. The summed E-state index contributed by atoms with van der Waals surface area (Å²) < 4.78 is 0. The quantitative estimate of drug-likeness (QED) is 0.547. The molecule has 0 radical (unpaired) electrons. The Morgan fingerprint density at radius 2 is 1.88 bits per heavy atom. The minimum absolute atomic E-state index is 0.657. The molecular weight excluding hydrogens is 212 g/mol. The molecule has 1 aliphatic rings. The van der Waals surface area contributed by atoms with Gasteiger partial charge in [0, 0.05) is 34.2 Å². The highest BCUT2D eigenvalue weighted by atomic mass is 15.3. The normalized spacial score (nSPS) is 20.4. The molecule has 0 spiro atoms. The maximum Gasteiger partial charge on any atom is 0.195 e. The molecule has 100 valence electrons. The Kier molecular flexibility index (Phi) is 5.75. The summed E-state index contributed by atoms with van der Waals surface area (Å²) in [6.07, 6.45) is 3.88. The van der Waals surface area contributed by atoms with Gasteiger partial charge in [0.15, 0.2) is 5.96 Å². The van der Waals surface area contributed by atoms with Gasteiger partial charge in [-0.15, -0.1) is 0 Å². The van der Waals surface area contributed by atoms with E-state index < -0.39 is 0 Å². The van der Waals surface area contributed by atoms with Gasteiger partial charge in [0.25, 0.3) is 0 Å². The average molecular weight is 240 g/mol. The summed E-state index contributed by atoms with van der Waals surface area (Å²) in [7, 11) is 8.21. The van der Waals surface area contributed by atoms with Crippen LogP contribution in [0.15, 0.2) is 4.99 Å². The summed E-state index contributed by atoms with van der Waals surface area (Å²) in [5.41, 5.74) is 0. The van der Waals surface area contributed by atoms with Crippen LogP contribution in [0, 0.1) is 0 Å². The maximum atomic E-state index is 4.76. The molecule has 0 bridgehead atoms. The molecule has 0 N–H and O–H groups in total. The van der Waals surface area contributed by atoms with E-state index in [-0.39, 0.29) is 0 Å². The Labute approximate surface area is 106 Å². The van der Waals surface area contributed by atoms with Crippen LogP contribution < -0.4 is 0 Å². The predicted molar refractivity (Wildman–Crippen MR) is 74.6 cm³/mol. The van der Waals surface area contributed by atoms with Crippen molar-refractivity contribution in [2.45, 2.75) is 32.2 Å². The van der Waals surface area contributed by atoms with Crippen LogP contribution in [0.4, 0.5) is 0 Å². The number of likely N-dealkylation sites (tertiary alicyclic amines) is 1. The Morgan fingerprint density at radius 1 is 1.24 bits per heavy atom. The molecule has 0 aromatic rings. The van der Waals surface area contributed by atoms with Crippen molar-refractivity contribution in [3.63, 3.8) is 0 Å². The Balaban J connectivity index is 2.54. The number of nitrogens with zero attached hydrogens (tertiary/aromatic N) is 4. The second kappa shape index (κ2) is 6.84.